The third kappa shape index (κ3) is 3.14. The molecular weight excluding hydrogens is 388 g/mol. The number of likely N-dealkylation sites (tertiary alicyclic amines) is 1. The van der Waals surface area contributed by atoms with Gasteiger partial charge in [0.15, 0.2) is 0 Å². The van der Waals surface area contributed by atoms with Crippen LogP contribution in [0.15, 0.2) is 35.1 Å². The van der Waals surface area contributed by atoms with E-state index in [0.717, 1.165) is 45.4 Å². The number of quaternary nitrogens is 1. The predicted molar refractivity (Wildman–Crippen MR) is 118 cm³/mol. The fourth-order valence-corrected chi connectivity index (χ4v) is 8.09. The third-order valence-electron chi connectivity index (χ3n) is 9.50. The molecule has 2 aliphatic carbocycles. The van der Waals surface area contributed by atoms with Crippen LogP contribution < -0.4 is 10.5 Å². The molecule has 4 heterocycles. The van der Waals surface area contributed by atoms with Crippen molar-refractivity contribution >= 4 is 5.97 Å². The van der Waals surface area contributed by atoms with Gasteiger partial charge in [0.2, 0.25) is 0 Å². The number of carbonyl (C=O) groups excluding carboxylic acids is 1. The van der Waals surface area contributed by atoms with Crippen molar-refractivity contribution in [1.82, 2.24) is 4.57 Å². The third-order valence-corrected chi connectivity index (χ3v) is 9.50. The molecule has 1 N–H and O–H groups in total. The minimum Gasteiger partial charge on any atom is -0.462 e. The second-order valence-electron chi connectivity index (χ2n) is 11.5. The van der Waals surface area contributed by atoms with Crippen LogP contribution in [0.5, 0.6) is 0 Å². The number of carbonyl (C=O) groups is 1. The van der Waals surface area contributed by atoms with E-state index in [0.29, 0.717) is 23.7 Å². The van der Waals surface area contributed by atoms with E-state index in [1.54, 1.807) is 6.07 Å². The quantitative estimate of drug-likeness (QED) is 0.586. The number of rotatable bonds is 2. The number of nitrogens with zero attached hydrogens (tertiary/aromatic N) is 1. The summed E-state index contributed by atoms with van der Waals surface area (Å²) < 4.78 is 8.00. The zero-order chi connectivity index (χ0) is 21.3. The summed E-state index contributed by atoms with van der Waals surface area (Å²) in [5, 5.41) is 0. The first-order chi connectivity index (χ1) is 14.9. The summed E-state index contributed by atoms with van der Waals surface area (Å²) >= 11 is 0. The molecule has 1 aromatic heterocycles. The molecule has 2 saturated heterocycles. The van der Waals surface area contributed by atoms with E-state index < -0.39 is 0 Å². The summed E-state index contributed by atoms with van der Waals surface area (Å²) in [6.07, 6.45) is 6.99. The van der Waals surface area contributed by atoms with Crippen molar-refractivity contribution in [2.24, 2.45) is 29.1 Å². The predicted octanol–water partition coefficient (Wildman–Crippen LogP) is 2.16. The molecule has 5 aliphatic rings. The van der Waals surface area contributed by atoms with Crippen LogP contribution in [0.25, 0.3) is 0 Å². The molecule has 166 valence electrons. The highest BCUT2D eigenvalue weighted by atomic mass is 16.6. The van der Waals surface area contributed by atoms with Gasteiger partial charge in [-0.2, -0.15) is 0 Å². The van der Waals surface area contributed by atoms with Gasteiger partial charge in [-0.25, -0.2) is 0 Å². The number of allylic oxidation sites excluding steroid dienone is 1. The number of hydrogen-bond donors (Lipinski definition) is 1. The lowest BCUT2D eigenvalue weighted by Gasteiger charge is -2.50. The number of piperidine rings is 1. The fraction of sp³-hybridized carbons (Fsp3) is 0.692. The Morgan fingerprint density at radius 3 is 3.00 bits per heavy atom. The Morgan fingerprint density at radius 1 is 1.26 bits per heavy atom. The van der Waals surface area contributed by atoms with Crippen LogP contribution in [-0.2, 0) is 16.1 Å². The lowest BCUT2D eigenvalue weighted by molar-refractivity contribution is -0.913. The maximum Gasteiger partial charge on any atom is 0.315 e. The Labute approximate surface area is 184 Å². The summed E-state index contributed by atoms with van der Waals surface area (Å²) in [5.74, 6) is 1.93. The smallest absolute Gasteiger partial charge is 0.315 e. The Bertz CT molecular complexity index is 983. The van der Waals surface area contributed by atoms with E-state index in [1.165, 1.54) is 35.4 Å². The summed E-state index contributed by atoms with van der Waals surface area (Å²) in [5.41, 5.74) is 3.00. The number of aromatic nitrogens is 1. The minimum atomic E-state index is 0.0241. The molecule has 1 unspecified atom stereocenters. The van der Waals surface area contributed by atoms with Crippen molar-refractivity contribution in [2.45, 2.75) is 64.0 Å². The van der Waals surface area contributed by atoms with Crippen LogP contribution in [0, 0.1) is 29.1 Å². The van der Waals surface area contributed by atoms with E-state index in [9.17, 15) is 9.59 Å². The molecule has 0 aromatic carbocycles. The van der Waals surface area contributed by atoms with Gasteiger partial charge in [-0.15, -0.1) is 0 Å². The van der Waals surface area contributed by atoms with Gasteiger partial charge in [-0.3, -0.25) is 9.59 Å². The van der Waals surface area contributed by atoms with Crippen LogP contribution in [0.1, 0.15) is 57.1 Å². The van der Waals surface area contributed by atoms with Crippen molar-refractivity contribution < 1.29 is 14.4 Å². The van der Waals surface area contributed by atoms with Gasteiger partial charge in [-0.05, 0) is 55.9 Å². The maximum atomic E-state index is 13.0. The largest absolute Gasteiger partial charge is 0.462 e. The molecular formula is C26H35N2O3+. The van der Waals surface area contributed by atoms with Gasteiger partial charge in [0.1, 0.15) is 12.0 Å². The Kier molecular flexibility index (Phi) is 4.51. The summed E-state index contributed by atoms with van der Waals surface area (Å²) in [7, 11) is 0. The number of fused-ring (bicyclic) bond motifs is 6. The lowest BCUT2D eigenvalue weighted by Crippen LogP contribution is -3.15. The van der Waals surface area contributed by atoms with Crippen LogP contribution in [0.2, 0.25) is 0 Å². The number of ether oxygens (including phenoxy) is 1. The molecule has 8 atom stereocenters. The first-order valence-electron chi connectivity index (χ1n) is 12.3. The first-order valence-corrected chi connectivity index (χ1v) is 12.3. The summed E-state index contributed by atoms with van der Waals surface area (Å²) in [6.45, 7) is 10.6. The highest BCUT2D eigenvalue weighted by Crippen LogP contribution is 2.56. The number of pyridine rings is 1. The number of esters is 1. The zero-order valence-corrected chi connectivity index (χ0v) is 18.6. The molecule has 6 rings (SSSR count). The van der Waals surface area contributed by atoms with E-state index in [1.807, 2.05) is 10.6 Å². The molecule has 0 amide bonds. The van der Waals surface area contributed by atoms with Gasteiger partial charge in [0, 0.05) is 36.1 Å². The van der Waals surface area contributed by atoms with Crippen LogP contribution in [0.3, 0.4) is 0 Å². The van der Waals surface area contributed by atoms with E-state index >= 15 is 0 Å². The fourth-order valence-electron chi connectivity index (χ4n) is 8.09. The average Bonchev–Trinajstić information content (AvgIpc) is 3.01. The standard InChI is InChI=1S/C26H34N2O3/c1-16-5-4-8-26(2)11-23-19(10-21(16)26)20(25(30)31-23)15-27-12-17-9-18(14-27)22-6-3-7-24(29)28(22)13-17/h3,6-7,17-21,23H,1,4-5,8-15H2,2H3/p+1/t17-,18+,19-,20-,21+,23-,26-/m1/s1. The van der Waals surface area contributed by atoms with E-state index in [2.05, 4.69) is 19.6 Å². The van der Waals surface area contributed by atoms with Crippen LogP contribution in [-0.4, -0.2) is 36.3 Å². The van der Waals surface area contributed by atoms with Gasteiger partial charge in [0.25, 0.3) is 5.56 Å². The molecule has 1 aromatic rings. The second-order valence-corrected chi connectivity index (χ2v) is 11.5. The maximum absolute atomic E-state index is 13.0. The van der Waals surface area contributed by atoms with Crippen molar-refractivity contribution in [3.05, 3.63) is 46.4 Å². The monoisotopic (exact) mass is 423 g/mol. The Hall–Kier alpha value is -1.88. The van der Waals surface area contributed by atoms with Gasteiger partial charge in [0.05, 0.1) is 19.6 Å². The molecule has 0 spiro atoms. The molecule has 5 nitrogen and oxygen atoms in total. The molecule has 31 heavy (non-hydrogen) atoms. The van der Waals surface area contributed by atoms with Gasteiger partial charge < -0.3 is 14.2 Å². The first kappa shape index (κ1) is 19.8. The summed E-state index contributed by atoms with van der Waals surface area (Å²) in [6, 6.07) is 5.71. The zero-order valence-electron chi connectivity index (χ0n) is 18.6. The molecule has 4 fully saturated rings. The van der Waals surface area contributed by atoms with Gasteiger partial charge >= 0.3 is 5.97 Å². The highest BCUT2D eigenvalue weighted by molar-refractivity contribution is 5.75. The van der Waals surface area contributed by atoms with Crippen LogP contribution in [0.4, 0.5) is 0 Å². The van der Waals surface area contributed by atoms with Gasteiger partial charge in [-0.1, -0.05) is 25.1 Å². The lowest BCUT2D eigenvalue weighted by atomic mass is 9.55. The SMILES string of the molecule is C=C1CCC[C@]2(C)C[C@H]3OC(=O)[C@H](C[NH+]4C[C@H]5C[C@@H](C4)c4cccc(=O)n4C5)[C@H]3C[C@@H]12. The molecule has 2 saturated carbocycles. The molecule has 5 heteroatoms. The molecule has 3 aliphatic heterocycles. The Morgan fingerprint density at radius 2 is 2.13 bits per heavy atom. The van der Waals surface area contributed by atoms with Crippen molar-refractivity contribution in [3.8, 4) is 0 Å². The summed E-state index contributed by atoms with van der Waals surface area (Å²) in [4.78, 5) is 26.8. The second kappa shape index (κ2) is 7.06. The average molecular weight is 424 g/mol. The highest BCUT2D eigenvalue weighted by Gasteiger charge is 2.56. The normalized spacial score (nSPS) is 43.6. The Balaban J connectivity index is 1.20. The van der Waals surface area contributed by atoms with E-state index in [4.69, 9.17) is 4.74 Å². The van der Waals surface area contributed by atoms with Crippen molar-refractivity contribution in [1.29, 1.82) is 0 Å². The number of nitrogens with one attached hydrogen (secondary N) is 1. The molecule has 0 radical (unpaired) electrons. The topological polar surface area (TPSA) is 52.7 Å². The number of hydrogen-bond acceptors (Lipinski definition) is 3. The van der Waals surface area contributed by atoms with E-state index in [-0.39, 0.29) is 29.0 Å². The van der Waals surface area contributed by atoms with Crippen molar-refractivity contribution in [3.63, 3.8) is 0 Å². The minimum absolute atomic E-state index is 0.0241. The molecule has 2 bridgehead atoms. The van der Waals surface area contributed by atoms with Crippen molar-refractivity contribution in [2.75, 3.05) is 19.6 Å². The van der Waals surface area contributed by atoms with Crippen LogP contribution >= 0.6 is 0 Å².